The van der Waals surface area contributed by atoms with Gasteiger partial charge in [0.2, 0.25) is 0 Å². The monoisotopic (exact) mass is 533 g/mol. The fourth-order valence-electron chi connectivity index (χ4n) is 3.24. The normalized spacial score (nSPS) is 10.9. The van der Waals surface area contributed by atoms with Crippen LogP contribution < -0.4 is 10.6 Å². The van der Waals surface area contributed by atoms with Gasteiger partial charge in [0.15, 0.2) is 11.0 Å². The van der Waals surface area contributed by atoms with Gasteiger partial charge in [0.25, 0.3) is 0 Å². The van der Waals surface area contributed by atoms with Gasteiger partial charge < -0.3 is 10.6 Å². The zero-order chi connectivity index (χ0) is 24.9. The van der Waals surface area contributed by atoms with Gasteiger partial charge in [-0.2, -0.15) is 0 Å². The van der Waals surface area contributed by atoms with Crippen molar-refractivity contribution in [3.8, 4) is 5.69 Å². The smallest absolute Gasteiger partial charge is 0.319 e. The first-order valence-corrected chi connectivity index (χ1v) is 12.1. The highest BCUT2D eigenvalue weighted by Crippen LogP contribution is 2.31. The van der Waals surface area contributed by atoms with Crippen LogP contribution in [0.1, 0.15) is 17.0 Å². The number of aryl methyl sites for hydroxylation is 1. The Morgan fingerprint density at radius 1 is 1.06 bits per heavy atom. The molecule has 0 aliphatic rings. The maximum atomic E-state index is 13.9. The van der Waals surface area contributed by atoms with Gasteiger partial charge in [-0.25, -0.2) is 13.6 Å². The number of hydrogen-bond donors (Lipinski definition) is 2. The lowest BCUT2D eigenvalue weighted by Gasteiger charge is -2.13. The fraction of sp³-hybridized carbons (Fsp3) is 0.125. The van der Waals surface area contributed by atoms with E-state index in [1.807, 2.05) is 31.2 Å². The minimum Gasteiger partial charge on any atom is -0.331 e. The summed E-state index contributed by atoms with van der Waals surface area (Å²) in [5.41, 5.74) is 2.74. The van der Waals surface area contributed by atoms with Crippen LogP contribution in [0.25, 0.3) is 5.69 Å². The van der Waals surface area contributed by atoms with Crippen molar-refractivity contribution in [3.05, 3.63) is 99.3 Å². The average Bonchev–Trinajstić information content (AvgIpc) is 3.21. The van der Waals surface area contributed by atoms with E-state index in [-0.39, 0.29) is 12.2 Å². The van der Waals surface area contributed by atoms with Crippen molar-refractivity contribution in [1.82, 2.24) is 20.1 Å². The topological polar surface area (TPSA) is 71.8 Å². The molecule has 0 atom stereocenters. The number of urea groups is 1. The van der Waals surface area contributed by atoms with Crippen molar-refractivity contribution < 1.29 is 13.6 Å². The molecule has 6 nitrogen and oxygen atoms in total. The first kappa shape index (κ1) is 25.0. The van der Waals surface area contributed by atoms with Gasteiger partial charge in [0.05, 0.1) is 22.9 Å². The molecule has 0 saturated heterocycles. The molecule has 0 spiro atoms. The van der Waals surface area contributed by atoms with Gasteiger partial charge in [-0.1, -0.05) is 59.2 Å². The molecule has 2 N–H and O–H groups in total. The van der Waals surface area contributed by atoms with E-state index < -0.39 is 17.7 Å². The van der Waals surface area contributed by atoms with Crippen LogP contribution in [-0.4, -0.2) is 20.8 Å². The number of nitrogens with zero attached hydrogens (tertiary/aromatic N) is 3. The highest BCUT2D eigenvalue weighted by atomic mass is 35.5. The number of anilines is 1. The molecule has 0 saturated carbocycles. The summed E-state index contributed by atoms with van der Waals surface area (Å²) in [7, 11) is 0. The summed E-state index contributed by atoms with van der Waals surface area (Å²) in [6, 6.07) is 15.3. The van der Waals surface area contributed by atoms with Gasteiger partial charge in [-0.15, -0.1) is 10.2 Å². The van der Waals surface area contributed by atoms with Crippen LogP contribution in [0.15, 0.2) is 65.8 Å². The van der Waals surface area contributed by atoms with Gasteiger partial charge in [-0.05, 0) is 48.4 Å². The van der Waals surface area contributed by atoms with Gasteiger partial charge >= 0.3 is 6.03 Å². The van der Waals surface area contributed by atoms with Crippen LogP contribution in [0, 0.1) is 18.6 Å². The third kappa shape index (κ3) is 6.11. The quantitative estimate of drug-likeness (QED) is 0.257. The van der Waals surface area contributed by atoms with Crippen LogP contribution in [0.5, 0.6) is 0 Å². The fourth-order valence-corrected chi connectivity index (χ4v) is 4.78. The number of hydrogen-bond acceptors (Lipinski definition) is 4. The molecule has 0 fully saturated rings. The van der Waals surface area contributed by atoms with Crippen molar-refractivity contribution in [2.45, 2.75) is 24.4 Å². The number of halogens is 4. The van der Waals surface area contributed by atoms with Gasteiger partial charge in [-0.3, -0.25) is 4.57 Å². The van der Waals surface area contributed by atoms with Crippen LogP contribution in [0.2, 0.25) is 10.0 Å². The summed E-state index contributed by atoms with van der Waals surface area (Å²) in [5.74, 6) is -0.576. The highest BCUT2D eigenvalue weighted by molar-refractivity contribution is 7.98. The zero-order valence-corrected chi connectivity index (χ0v) is 20.7. The molecule has 180 valence electrons. The zero-order valence-electron chi connectivity index (χ0n) is 18.4. The molecular formula is C24H19Cl2F2N5OS. The lowest BCUT2D eigenvalue weighted by atomic mass is 10.1. The molecule has 1 heterocycles. The van der Waals surface area contributed by atoms with Crippen molar-refractivity contribution in [3.63, 3.8) is 0 Å². The molecular weight excluding hydrogens is 515 g/mol. The summed E-state index contributed by atoms with van der Waals surface area (Å²) in [6.07, 6.45) is 0. The summed E-state index contributed by atoms with van der Waals surface area (Å²) in [4.78, 5) is 12.3. The lowest BCUT2D eigenvalue weighted by molar-refractivity contribution is 0.251. The number of thioether (sulfide) groups is 1. The van der Waals surface area contributed by atoms with Crippen molar-refractivity contribution in [2.24, 2.45) is 0 Å². The minimum absolute atomic E-state index is 0.0362. The second kappa shape index (κ2) is 11.1. The second-order valence-electron chi connectivity index (χ2n) is 7.48. The van der Waals surface area contributed by atoms with Crippen LogP contribution in [-0.2, 0) is 12.3 Å². The standard InChI is InChI=1S/C24H19Cl2F2N5OS/c1-14-4-2-3-5-15(14)13-35-24-32-31-22(33(24)21-9-6-16(25)10-18(21)26)12-29-23(34)30-20-8-7-17(27)11-19(20)28/h2-11H,12-13H2,1H3,(H2,29,30,34). The van der Waals surface area contributed by atoms with Crippen LogP contribution >= 0.6 is 35.0 Å². The van der Waals surface area contributed by atoms with Crippen molar-refractivity contribution >= 4 is 46.7 Å². The van der Waals surface area contributed by atoms with E-state index in [1.165, 1.54) is 11.8 Å². The summed E-state index contributed by atoms with van der Waals surface area (Å²) >= 11 is 14.0. The Kier molecular flexibility index (Phi) is 7.90. The first-order valence-electron chi connectivity index (χ1n) is 10.4. The summed E-state index contributed by atoms with van der Waals surface area (Å²) < 4.78 is 28.7. The molecule has 4 aromatic rings. The Morgan fingerprint density at radius 3 is 2.60 bits per heavy atom. The molecule has 2 amide bonds. The third-order valence-electron chi connectivity index (χ3n) is 5.06. The predicted molar refractivity (Wildman–Crippen MR) is 134 cm³/mol. The molecule has 1 aromatic heterocycles. The number of aromatic nitrogens is 3. The number of benzene rings is 3. The predicted octanol–water partition coefficient (Wildman–Crippen LogP) is 6.77. The Bertz CT molecular complexity index is 1380. The molecule has 0 radical (unpaired) electrons. The lowest BCUT2D eigenvalue weighted by Crippen LogP contribution is -2.29. The number of amides is 2. The molecule has 0 aliphatic heterocycles. The first-order chi connectivity index (χ1) is 16.8. The number of nitrogens with one attached hydrogen (secondary N) is 2. The highest BCUT2D eigenvalue weighted by Gasteiger charge is 2.18. The Labute approximate surface area is 214 Å². The molecule has 11 heteroatoms. The molecule has 3 aromatic carbocycles. The van der Waals surface area contributed by atoms with E-state index in [9.17, 15) is 13.6 Å². The van der Waals surface area contributed by atoms with Crippen molar-refractivity contribution in [1.29, 1.82) is 0 Å². The Morgan fingerprint density at radius 2 is 1.86 bits per heavy atom. The third-order valence-corrected chi connectivity index (χ3v) is 6.57. The molecule has 0 bridgehead atoms. The second-order valence-corrected chi connectivity index (χ2v) is 9.26. The van der Waals surface area contributed by atoms with E-state index in [1.54, 1.807) is 22.8 Å². The van der Waals surface area contributed by atoms with E-state index in [2.05, 4.69) is 20.8 Å². The molecule has 35 heavy (non-hydrogen) atoms. The van der Waals surface area contributed by atoms with Gasteiger partial charge in [0.1, 0.15) is 11.6 Å². The minimum atomic E-state index is -0.883. The van der Waals surface area contributed by atoms with Crippen LogP contribution in [0.3, 0.4) is 0 Å². The Balaban J connectivity index is 1.56. The number of carbonyl (C=O) groups is 1. The number of rotatable bonds is 7. The SMILES string of the molecule is Cc1ccccc1CSc1nnc(CNC(=O)Nc2ccc(F)cc2F)n1-c1ccc(Cl)cc1Cl. The average molecular weight is 534 g/mol. The molecule has 4 rings (SSSR count). The van der Waals surface area contributed by atoms with E-state index in [4.69, 9.17) is 23.2 Å². The van der Waals surface area contributed by atoms with E-state index in [0.29, 0.717) is 38.5 Å². The summed E-state index contributed by atoms with van der Waals surface area (Å²) in [5, 5.41) is 14.9. The molecule has 0 unspecified atom stereocenters. The van der Waals surface area contributed by atoms with Gasteiger partial charge in [0, 0.05) is 16.8 Å². The summed E-state index contributed by atoms with van der Waals surface area (Å²) in [6.45, 7) is 2.00. The maximum Gasteiger partial charge on any atom is 0.319 e. The maximum absolute atomic E-state index is 13.9. The van der Waals surface area contributed by atoms with Crippen molar-refractivity contribution in [2.75, 3.05) is 5.32 Å². The van der Waals surface area contributed by atoms with E-state index >= 15 is 0 Å². The van der Waals surface area contributed by atoms with E-state index in [0.717, 1.165) is 23.3 Å². The molecule has 0 aliphatic carbocycles. The largest absolute Gasteiger partial charge is 0.331 e. The number of carbonyl (C=O) groups excluding carboxylic acids is 1. The Hall–Kier alpha value is -3.14. The van der Waals surface area contributed by atoms with Crippen LogP contribution in [0.4, 0.5) is 19.3 Å².